The van der Waals surface area contributed by atoms with Gasteiger partial charge in [0.2, 0.25) is 5.91 Å². The molecule has 0 spiro atoms. The Labute approximate surface area is 113 Å². The zero-order chi connectivity index (χ0) is 13.7. The molecule has 2 N–H and O–H groups in total. The summed E-state index contributed by atoms with van der Waals surface area (Å²) in [5.41, 5.74) is 0.812. The number of carbonyl (C=O) groups excluding carboxylic acids is 1. The molecule has 0 aromatic heterocycles. The first-order chi connectivity index (χ1) is 9.20. The van der Waals surface area contributed by atoms with Crippen molar-refractivity contribution in [3.05, 3.63) is 29.8 Å². The number of hydrogen-bond acceptors (Lipinski definition) is 3. The molecule has 104 valence electrons. The molecule has 1 aromatic rings. The Hall–Kier alpha value is -1.55. The maximum atomic E-state index is 12.1. The number of nitrogens with zero attached hydrogens (tertiary/aromatic N) is 1. The SMILES string of the molecule is O=C(CCc1ccccc1O)N1CCC[C@H](CO)C1. The molecule has 1 aromatic carbocycles. The van der Waals surface area contributed by atoms with Gasteiger partial charge < -0.3 is 15.1 Å². The Balaban J connectivity index is 1.86. The standard InChI is InChI=1S/C15H21NO3/c17-11-12-4-3-9-16(10-12)15(19)8-7-13-5-1-2-6-14(13)18/h1-2,5-6,12,17-18H,3-4,7-11H2/t12-/m0/s1. The summed E-state index contributed by atoms with van der Waals surface area (Å²) >= 11 is 0. The quantitative estimate of drug-likeness (QED) is 0.866. The lowest BCUT2D eigenvalue weighted by Gasteiger charge is -2.32. The van der Waals surface area contributed by atoms with Crippen molar-refractivity contribution in [3.8, 4) is 5.75 Å². The number of phenols is 1. The van der Waals surface area contributed by atoms with E-state index in [4.69, 9.17) is 5.11 Å². The van der Waals surface area contributed by atoms with Crippen LogP contribution in [0.2, 0.25) is 0 Å². The number of hydrogen-bond donors (Lipinski definition) is 2. The Morgan fingerprint density at radius 2 is 2.16 bits per heavy atom. The van der Waals surface area contributed by atoms with Crippen LogP contribution in [-0.4, -0.2) is 40.7 Å². The van der Waals surface area contributed by atoms with E-state index in [9.17, 15) is 9.90 Å². The minimum atomic E-state index is 0.112. The lowest BCUT2D eigenvalue weighted by molar-refractivity contribution is -0.133. The van der Waals surface area contributed by atoms with Gasteiger partial charge in [0.1, 0.15) is 5.75 Å². The van der Waals surface area contributed by atoms with Crippen LogP contribution < -0.4 is 0 Å². The van der Waals surface area contributed by atoms with Crippen LogP contribution in [0.15, 0.2) is 24.3 Å². The average Bonchev–Trinajstić information content (AvgIpc) is 2.46. The molecule has 0 aliphatic carbocycles. The summed E-state index contributed by atoms with van der Waals surface area (Å²) in [6.07, 6.45) is 2.94. The highest BCUT2D eigenvalue weighted by atomic mass is 16.3. The molecule has 0 radical (unpaired) electrons. The zero-order valence-electron chi connectivity index (χ0n) is 11.1. The van der Waals surface area contributed by atoms with Crippen LogP contribution in [0.5, 0.6) is 5.75 Å². The molecule has 1 amide bonds. The van der Waals surface area contributed by atoms with Crippen LogP contribution in [-0.2, 0) is 11.2 Å². The van der Waals surface area contributed by atoms with Gasteiger partial charge in [-0.05, 0) is 36.8 Å². The van der Waals surface area contributed by atoms with E-state index in [0.717, 1.165) is 24.9 Å². The Morgan fingerprint density at radius 3 is 2.89 bits per heavy atom. The number of likely N-dealkylation sites (tertiary alicyclic amines) is 1. The molecule has 1 saturated heterocycles. The lowest BCUT2D eigenvalue weighted by Crippen LogP contribution is -2.41. The van der Waals surface area contributed by atoms with Gasteiger partial charge in [0, 0.05) is 26.1 Å². The van der Waals surface area contributed by atoms with Crippen molar-refractivity contribution >= 4 is 5.91 Å². The summed E-state index contributed by atoms with van der Waals surface area (Å²) in [6.45, 7) is 1.61. The number of rotatable bonds is 4. The van der Waals surface area contributed by atoms with Gasteiger partial charge in [0.25, 0.3) is 0 Å². The van der Waals surface area contributed by atoms with Gasteiger partial charge in [-0.1, -0.05) is 18.2 Å². The van der Waals surface area contributed by atoms with Crippen LogP contribution in [0.1, 0.15) is 24.8 Å². The fourth-order valence-corrected chi connectivity index (χ4v) is 2.56. The van der Waals surface area contributed by atoms with Crippen molar-refractivity contribution in [1.82, 2.24) is 4.90 Å². The summed E-state index contributed by atoms with van der Waals surface area (Å²) in [5, 5.41) is 18.8. The molecule has 19 heavy (non-hydrogen) atoms. The van der Waals surface area contributed by atoms with Gasteiger partial charge >= 0.3 is 0 Å². The second-order valence-electron chi connectivity index (χ2n) is 5.16. The number of carbonyl (C=O) groups is 1. The molecule has 0 saturated carbocycles. The summed E-state index contributed by atoms with van der Waals surface area (Å²) < 4.78 is 0. The van der Waals surface area contributed by atoms with Gasteiger partial charge in [-0.25, -0.2) is 0 Å². The molecule has 2 rings (SSSR count). The normalized spacial score (nSPS) is 19.4. The van der Waals surface area contributed by atoms with Gasteiger partial charge in [-0.2, -0.15) is 0 Å². The number of aryl methyl sites for hydroxylation is 1. The average molecular weight is 263 g/mol. The number of piperidine rings is 1. The number of aliphatic hydroxyl groups excluding tert-OH is 1. The number of aliphatic hydroxyl groups is 1. The summed E-state index contributed by atoms with van der Waals surface area (Å²) in [4.78, 5) is 13.9. The Bertz CT molecular complexity index is 433. The number of phenolic OH excluding ortho intramolecular Hbond substituents is 1. The second kappa shape index (κ2) is 6.57. The second-order valence-corrected chi connectivity index (χ2v) is 5.16. The highest BCUT2D eigenvalue weighted by Gasteiger charge is 2.22. The van der Waals surface area contributed by atoms with Gasteiger partial charge in [0.15, 0.2) is 0 Å². The van der Waals surface area contributed by atoms with E-state index in [-0.39, 0.29) is 24.2 Å². The lowest BCUT2D eigenvalue weighted by atomic mass is 9.98. The van der Waals surface area contributed by atoms with E-state index in [0.29, 0.717) is 19.4 Å². The molecule has 1 aliphatic rings. The number of amides is 1. The fourth-order valence-electron chi connectivity index (χ4n) is 2.56. The van der Waals surface area contributed by atoms with Gasteiger partial charge in [-0.15, -0.1) is 0 Å². The van der Waals surface area contributed by atoms with Crippen LogP contribution in [0.4, 0.5) is 0 Å². The zero-order valence-corrected chi connectivity index (χ0v) is 11.1. The molecule has 1 aliphatic heterocycles. The highest BCUT2D eigenvalue weighted by molar-refractivity contribution is 5.76. The van der Waals surface area contributed by atoms with Crippen LogP contribution in [0, 0.1) is 5.92 Å². The third-order valence-electron chi connectivity index (χ3n) is 3.73. The highest BCUT2D eigenvalue weighted by Crippen LogP contribution is 2.20. The monoisotopic (exact) mass is 263 g/mol. The third kappa shape index (κ3) is 3.70. The number of aromatic hydroxyl groups is 1. The number of benzene rings is 1. The Morgan fingerprint density at radius 1 is 1.37 bits per heavy atom. The van der Waals surface area contributed by atoms with Crippen molar-refractivity contribution in [2.45, 2.75) is 25.7 Å². The molecule has 1 heterocycles. The fraction of sp³-hybridized carbons (Fsp3) is 0.533. The molecule has 1 atom stereocenters. The van der Waals surface area contributed by atoms with Crippen molar-refractivity contribution in [2.75, 3.05) is 19.7 Å². The molecule has 0 bridgehead atoms. The van der Waals surface area contributed by atoms with E-state index in [1.54, 1.807) is 12.1 Å². The van der Waals surface area contributed by atoms with E-state index < -0.39 is 0 Å². The van der Waals surface area contributed by atoms with E-state index in [1.165, 1.54) is 0 Å². The molecular formula is C15H21NO3. The third-order valence-corrected chi connectivity index (χ3v) is 3.73. The molecular weight excluding hydrogens is 242 g/mol. The summed E-state index contributed by atoms with van der Waals surface area (Å²) in [6, 6.07) is 7.12. The number of para-hydroxylation sites is 1. The minimum absolute atomic E-state index is 0.112. The van der Waals surface area contributed by atoms with Crippen molar-refractivity contribution < 1.29 is 15.0 Å². The van der Waals surface area contributed by atoms with Gasteiger partial charge in [-0.3, -0.25) is 4.79 Å². The van der Waals surface area contributed by atoms with Crippen molar-refractivity contribution in [2.24, 2.45) is 5.92 Å². The molecule has 4 heteroatoms. The minimum Gasteiger partial charge on any atom is -0.508 e. The topological polar surface area (TPSA) is 60.8 Å². The molecule has 4 nitrogen and oxygen atoms in total. The predicted octanol–water partition coefficient (Wildman–Crippen LogP) is 1.56. The van der Waals surface area contributed by atoms with E-state index in [1.807, 2.05) is 17.0 Å². The van der Waals surface area contributed by atoms with Crippen LogP contribution in [0.3, 0.4) is 0 Å². The van der Waals surface area contributed by atoms with E-state index in [2.05, 4.69) is 0 Å². The van der Waals surface area contributed by atoms with E-state index >= 15 is 0 Å². The first kappa shape index (κ1) is 13.9. The van der Waals surface area contributed by atoms with Crippen molar-refractivity contribution in [1.29, 1.82) is 0 Å². The largest absolute Gasteiger partial charge is 0.508 e. The first-order valence-electron chi connectivity index (χ1n) is 6.86. The maximum absolute atomic E-state index is 12.1. The van der Waals surface area contributed by atoms with Crippen LogP contribution >= 0.6 is 0 Å². The summed E-state index contributed by atoms with van der Waals surface area (Å²) in [5.74, 6) is 0.589. The molecule has 1 fully saturated rings. The van der Waals surface area contributed by atoms with Crippen LogP contribution in [0.25, 0.3) is 0 Å². The Kier molecular flexibility index (Phi) is 4.80. The van der Waals surface area contributed by atoms with Gasteiger partial charge in [0.05, 0.1) is 0 Å². The maximum Gasteiger partial charge on any atom is 0.222 e. The predicted molar refractivity (Wildman–Crippen MR) is 72.8 cm³/mol. The first-order valence-corrected chi connectivity index (χ1v) is 6.86. The van der Waals surface area contributed by atoms with Crippen molar-refractivity contribution in [3.63, 3.8) is 0 Å². The summed E-state index contributed by atoms with van der Waals surface area (Å²) in [7, 11) is 0. The molecule has 0 unspecified atom stereocenters. The smallest absolute Gasteiger partial charge is 0.222 e.